The Morgan fingerprint density at radius 3 is 1.38 bits per heavy atom. The summed E-state index contributed by atoms with van der Waals surface area (Å²) in [5, 5.41) is 43.8. The summed E-state index contributed by atoms with van der Waals surface area (Å²) in [6, 6.07) is -1.79. The molecule has 21 heteroatoms. The Morgan fingerprint density at radius 2 is 0.889 bits per heavy atom. The number of hydrogen-bond acceptors (Lipinski definition) is 13. The van der Waals surface area contributed by atoms with Crippen LogP contribution in [0.1, 0.15) is 167 Å². The second kappa shape index (κ2) is 45.2. The van der Waals surface area contributed by atoms with Crippen LogP contribution >= 0.6 is 0 Å². The fourth-order valence-electron chi connectivity index (χ4n) is 8.24. The van der Waals surface area contributed by atoms with Crippen LogP contribution in [0.15, 0.2) is 0 Å². The standard InChI is InChI=1S/C51H92N6O15/c1-52-42(50(65)66)19-17-18-28-53-46(60)38-71-35-34-70-32-30-55-47(61)39-72-36-33-69-31-29-54-45(59)27-26-43(51(67)68)57-49(64)41-24-22-40(23-25-41)37-56-44(58)20-15-13-11-9-7-5-3-2-4-6-8-10-12-14-16-21-48(62)63/h40-43,52H,2-39H2,1H3,(H,53,60)(H,54,59)(H,55,61)(H,56,58)(H,57,64)(H,62,63)(H,65,66)(H,67,68)/t40?,41?,42-,43-/m0/s1. The Hall–Kier alpha value is -4.44. The van der Waals surface area contributed by atoms with Gasteiger partial charge in [-0.2, -0.15) is 0 Å². The van der Waals surface area contributed by atoms with Gasteiger partial charge in [0.05, 0.1) is 39.6 Å². The molecule has 5 amide bonds. The van der Waals surface area contributed by atoms with E-state index in [1.54, 1.807) is 7.05 Å². The van der Waals surface area contributed by atoms with Crippen molar-refractivity contribution < 1.29 is 72.6 Å². The molecule has 1 rings (SSSR count). The molecule has 0 aromatic heterocycles. The highest BCUT2D eigenvalue weighted by molar-refractivity contribution is 5.86. The molecule has 0 spiro atoms. The first kappa shape index (κ1) is 65.6. The minimum absolute atomic E-state index is 0.0611. The summed E-state index contributed by atoms with van der Waals surface area (Å²) < 4.78 is 21.4. The summed E-state index contributed by atoms with van der Waals surface area (Å²) in [6.45, 7) is 2.34. The summed E-state index contributed by atoms with van der Waals surface area (Å²) >= 11 is 0. The first-order valence-corrected chi connectivity index (χ1v) is 26.8. The second-order valence-corrected chi connectivity index (χ2v) is 18.7. The molecule has 1 aliphatic carbocycles. The lowest BCUT2D eigenvalue weighted by Crippen LogP contribution is -2.45. The van der Waals surface area contributed by atoms with E-state index in [0.29, 0.717) is 51.6 Å². The molecular weight excluding hydrogens is 937 g/mol. The minimum Gasteiger partial charge on any atom is -0.481 e. The SMILES string of the molecule is CN[C@@H](CCCCNC(=O)COCCOCCNC(=O)COCCOCCNC(=O)CC[C@H](NC(=O)C1CCC(CNC(=O)CCCCCCCCCCCCCCCCCC(=O)O)CC1)C(=O)O)C(=O)O. The Morgan fingerprint density at radius 1 is 0.444 bits per heavy atom. The van der Waals surface area contributed by atoms with Gasteiger partial charge in [0.15, 0.2) is 0 Å². The molecule has 2 atom stereocenters. The highest BCUT2D eigenvalue weighted by atomic mass is 16.5. The predicted molar refractivity (Wildman–Crippen MR) is 270 cm³/mol. The van der Waals surface area contributed by atoms with E-state index in [1.807, 2.05) is 0 Å². The zero-order chi connectivity index (χ0) is 52.9. The van der Waals surface area contributed by atoms with Gasteiger partial charge in [0, 0.05) is 51.4 Å². The van der Waals surface area contributed by atoms with Crippen LogP contribution in [-0.2, 0) is 57.3 Å². The van der Waals surface area contributed by atoms with Crippen molar-refractivity contribution in [1.82, 2.24) is 31.9 Å². The Bertz CT molecular complexity index is 1500. The molecule has 1 fully saturated rings. The van der Waals surface area contributed by atoms with E-state index in [1.165, 1.54) is 57.8 Å². The number of carbonyl (C=O) groups is 8. The lowest BCUT2D eigenvalue weighted by Gasteiger charge is -2.28. The first-order valence-electron chi connectivity index (χ1n) is 26.8. The number of carboxylic acid groups (broad SMARTS) is 3. The molecular formula is C51H92N6O15. The molecule has 0 saturated heterocycles. The molecule has 0 bridgehead atoms. The van der Waals surface area contributed by atoms with Crippen molar-refractivity contribution in [1.29, 1.82) is 0 Å². The smallest absolute Gasteiger partial charge is 0.326 e. The number of aliphatic carboxylic acids is 3. The molecule has 72 heavy (non-hydrogen) atoms. The van der Waals surface area contributed by atoms with E-state index in [2.05, 4.69) is 31.9 Å². The van der Waals surface area contributed by atoms with Crippen LogP contribution in [0.4, 0.5) is 0 Å². The van der Waals surface area contributed by atoms with Gasteiger partial charge in [-0.15, -0.1) is 0 Å². The third-order valence-electron chi connectivity index (χ3n) is 12.6. The molecule has 21 nitrogen and oxygen atoms in total. The lowest BCUT2D eigenvalue weighted by molar-refractivity contribution is -0.143. The van der Waals surface area contributed by atoms with Gasteiger partial charge in [-0.1, -0.05) is 83.5 Å². The van der Waals surface area contributed by atoms with Crippen LogP contribution < -0.4 is 31.9 Å². The molecule has 0 aliphatic heterocycles. The number of ether oxygens (including phenoxy) is 4. The van der Waals surface area contributed by atoms with Crippen LogP contribution in [0.3, 0.4) is 0 Å². The van der Waals surface area contributed by atoms with E-state index < -0.39 is 30.0 Å². The number of unbranched alkanes of at least 4 members (excludes halogenated alkanes) is 15. The first-order chi connectivity index (χ1) is 34.8. The number of carboxylic acids is 3. The van der Waals surface area contributed by atoms with Gasteiger partial charge in [0.25, 0.3) is 0 Å². The Kier molecular flexibility index (Phi) is 41.2. The maximum absolute atomic E-state index is 13.0. The largest absolute Gasteiger partial charge is 0.481 e. The normalized spacial score (nSPS) is 15.2. The molecule has 0 radical (unpaired) electrons. The number of likely N-dealkylation sites (N-methyl/N-ethyl adjacent to an activating group) is 1. The molecule has 0 aromatic rings. The Balaban J connectivity index is 1.98. The molecule has 0 heterocycles. The quantitative estimate of drug-likeness (QED) is 0.0385. The van der Waals surface area contributed by atoms with Gasteiger partial charge in [0.2, 0.25) is 29.5 Å². The van der Waals surface area contributed by atoms with Crippen LogP contribution in [-0.4, -0.2) is 161 Å². The Labute approximate surface area is 427 Å². The highest BCUT2D eigenvalue weighted by Gasteiger charge is 2.30. The fourth-order valence-corrected chi connectivity index (χ4v) is 8.24. The summed E-state index contributed by atoms with van der Waals surface area (Å²) in [7, 11) is 1.59. The summed E-state index contributed by atoms with van der Waals surface area (Å²) in [4.78, 5) is 95.0. The van der Waals surface area contributed by atoms with E-state index in [-0.39, 0.29) is 127 Å². The zero-order valence-electron chi connectivity index (χ0n) is 43.4. The topological polar surface area (TPSA) is 306 Å². The fraction of sp³-hybridized carbons (Fsp3) is 0.843. The molecule has 1 saturated carbocycles. The third-order valence-corrected chi connectivity index (χ3v) is 12.6. The van der Waals surface area contributed by atoms with Crippen LogP contribution in [0.5, 0.6) is 0 Å². The van der Waals surface area contributed by atoms with E-state index in [4.69, 9.17) is 29.2 Å². The molecule has 416 valence electrons. The van der Waals surface area contributed by atoms with Gasteiger partial charge >= 0.3 is 17.9 Å². The number of nitrogens with one attached hydrogen (secondary N) is 6. The van der Waals surface area contributed by atoms with Gasteiger partial charge in [0.1, 0.15) is 25.3 Å². The number of amides is 5. The number of hydrogen-bond donors (Lipinski definition) is 9. The maximum Gasteiger partial charge on any atom is 0.326 e. The van der Waals surface area contributed by atoms with E-state index in [9.17, 15) is 43.5 Å². The summed E-state index contributed by atoms with van der Waals surface area (Å²) in [5.74, 6) is -4.09. The van der Waals surface area contributed by atoms with Gasteiger partial charge in [-0.05, 0) is 77.2 Å². The van der Waals surface area contributed by atoms with Crippen LogP contribution in [0, 0.1) is 11.8 Å². The highest BCUT2D eigenvalue weighted by Crippen LogP contribution is 2.29. The number of rotatable bonds is 49. The lowest BCUT2D eigenvalue weighted by atomic mass is 9.81. The molecule has 0 aromatic carbocycles. The van der Waals surface area contributed by atoms with Crippen molar-refractivity contribution in [3.8, 4) is 0 Å². The van der Waals surface area contributed by atoms with Crippen molar-refractivity contribution in [2.24, 2.45) is 11.8 Å². The molecule has 9 N–H and O–H groups in total. The second-order valence-electron chi connectivity index (χ2n) is 18.7. The van der Waals surface area contributed by atoms with Crippen molar-refractivity contribution in [3.63, 3.8) is 0 Å². The average molecular weight is 1030 g/mol. The van der Waals surface area contributed by atoms with Gasteiger partial charge in [-0.3, -0.25) is 33.6 Å². The van der Waals surface area contributed by atoms with Gasteiger partial charge < -0.3 is 66.2 Å². The zero-order valence-corrected chi connectivity index (χ0v) is 43.4. The van der Waals surface area contributed by atoms with E-state index in [0.717, 1.165) is 51.4 Å². The third kappa shape index (κ3) is 39.1. The van der Waals surface area contributed by atoms with E-state index >= 15 is 0 Å². The summed E-state index contributed by atoms with van der Waals surface area (Å²) in [6.07, 6.45) is 22.5. The monoisotopic (exact) mass is 1030 g/mol. The predicted octanol–water partition coefficient (Wildman–Crippen LogP) is 4.23. The average Bonchev–Trinajstić information content (AvgIpc) is 3.35. The van der Waals surface area contributed by atoms with Crippen molar-refractivity contribution >= 4 is 47.4 Å². The summed E-state index contributed by atoms with van der Waals surface area (Å²) in [5.41, 5.74) is 0. The van der Waals surface area contributed by atoms with Crippen molar-refractivity contribution in [3.05, 3.63) is 0 Å². The number of carbonyl (C=O) groups excluding carboxylic acids is 5. The van der Waals surface area contributed by atoms with Crippen LogP contribution in [0.2, 0.25) is 0 Å². The molecule has 0 unspecified atom stereocenters. The van der Waals surface area contributed by atoms with Crippen molar-refractivity contribution in [2.75, 3.05) is 86.1 Å². The van der Waals surface area contributed by atoms with Gasteiger partial charge in [-0.25, -0.2) is 4.79 Å². The minimum atomic E-state index is -1.21. The van der Waals surface area contributed by atoms with Crippen molar-refractivity contribution in [2.45, 2.75) is 179 Å². The molecule has 1 aliphatic rings. The van der Waals surface area contributed by atoms with Crippen LogP contribution in [0.25, 0.3) is 0 Å². The maximum atomic E-state index is 13.0.